The van der Waals surface area contributed by atoms with Gasteiger partial charge in [-0.2, -0.15) is 14.9 Å². The van der Waals surface area contributed by atoms with E-state index in [0.717, 1.165) is 40.4 Å². The molecule has 0 amide bonds. The topological polar surface area (TPSA) is 79.4 Å². The normalized spacial score (nSPS) is 15.9. The monoisotopic (exact) mass is 366 g/mol. The van der Waals surface area contributed by atoms with Gasteiger partial charge >= 0.3 is 0 Å². The zero-order valence-electron chi connectivity index (χ0n) is 15.9. The van der Waals surface area contributed by atoms with Crippen LogP contribution in [0.25, 0.3) is 5.95 Å². The lowest BCUT2D eigenvalue weighted by Crippen LogP contribution is -2.07. The van der Waals surface area contributed by atoms with Gasteiger partial charge in [0.2, 0.25) is 0 Å². The molecule has 140 valence electrons. The quantitative estimate of drug-likeness (QED) is 0.649. The van der Waals surface area contributed by atoms with Crippen molar-refractivity contribution in [2.24, 2.45) is 5.10 Å². The summed E-state index contributed by atoms with van der Waals surface area (Å²) in [5.74, 6) is 2.20. The van der Waals surface area contributed by atoms with Crippen LogP contribution in [0.15, 0.2) is 29.6 Å². The molecule has 8 nitrogen and oxygen atoms in total. The summed E-state index contributed by atoms with van der Waals surface area (Å²) in [6.45, 7) is 8.52. The van der Waals surface area contributed by atoms with E-state index in [0.29, 0.717) is 12.6 Å². The van der Waals surface area contributed by atoms with E-state index >= 15 is 0 Å². The van der Waals surface area contributed by atoms with Crippen molar-refractivity contribution in [2.75, 3.05) is 6.61 Å². The van der Waals surface area contributed by atoms with Gasteiger partial charge in [0.15, 0.2) is 0 Å². The largest absolute Gasteiger partial charge is 0.493 e. The van der Waals surface area contributed by atoms with E-state index in [1.165, 1.54) is 0 Å². The minimum atomic E-state index is 0.178. The Labute approximate surface area is 157 Å². The Hall–Kier alpha value is -3.16. The molecule has 0 radical (unpaired) electrons. The first kappa shape index (κ1) is 17.3. The standard InChI is InChI=1S/C19H22N6O2/c1-5-26-17-8-15-7-14(4)27-18(15)9-16(17)10-21-24-11-20-22-19(24)25-13(3)6-12(2)23-25/h6,8-11,14H,5,7H2,1-4H3/b21-10-/t14-/m1/s1. The van der Waals surface area contributed by atoms with Crippen LogP contribution < -0.4 is 9.47 Å². The highest BCUT2D eigenvalue weighted by atomic mass is 16.5. The van der Waals surface area contributed by atoms with Gasteiger partial charge in [0, 0.05) is 23.2 Å². The Kier molecular flexibility index (Phi) is 4.39. The molecule has 1 aromatic carbocycles. The maximum Gasteiger partial charge on any atom is 0.273 e. The molecule has 0 aliphatic carbocycles. The van der Waals surface area contributed by atoms with Gasteiger partial charge in [-0.15, -0.1) is 10.2 Å². The van der Waals surface area contributed by atoms with Crippen molar-refractivity contribution < 1.29 is 9.47 Å². The zero-order valence-corrected chi connectivity index (χ0v) is 15.9. The number of benzene rings is 1. The van der Waals surface area contributed by atoms with Crippen molar-refractivity contribution in [3.05, 3.63) is 47.0 Å². The van der Waals surface area contributed by atoms with Crippen LogP contribution in [0.1, 0.15) is 36.4 Å². The van der Waals surface area contributed by atoms with Gasteiger partial charge < -0.3 is 9.47 Å². The number of ether oxygens (including phenoxy) is 2. The first-order valence-corrected chi connectivity index (χ1v) is 8.99. The van der Waals surface area contributed by atoms with Gasteiger partial charge in [0.05, 0.1) is 18.5 Å². The summed E-state index contributed by atoms with van der Waals surface area (Å²) in [7, 11) is 0. The minimum Gasteiger partial charge on any atom is -0.493 e. The smallest absolute Gasteiger partial charge is 0.273 e. The van der Waals surface area contributed by atoms with Crippen molar-refractivity contribution >= 4 is 6.21 Å². The predicted molar refractivity (Wildman–Crippen MR) is 101 cm³/mol. The number of nitrogens with zero attached hydrogens (tertiary/aromatic N) is 6. The highest BCUT2D eigenvalue weighted by Gasteiger charge is 2.21. The number of aryl methyl sites for hydroxylation is 2. The van der Waals surface area contributed by atoms with Crippen LogP contribution >= 0.6 is 0 Å². The zero-order chi connectivity index (χ0) is 19.0. The van der Waals surface area contributed by atoms with Crippen LogP contribution in [0, 0.1) is 13.8 Å². The van der Waals surface area contributed by atoms with Crippen molar-refractivity contribution in [3.8, 4) is 17.4 Å². The van der Waals surface area contributed by atoms with Crippen molar-refractivity contribution in [1.82, 2.24) is 24.7 Å². The summed E-state index contributed by atoms with van der Waals surface area (Å²) < 4.78 is 15.0. The molecule has 1 aliphatic rings. The second-order valence-electron chi connectivity index (χ2n) is 6.62. The molecule has 3 aromatic rings. The molecule has 8 heteroatoms. The van der Waals surface area contributed by atoms with Gasteiger partial charge in [-0.05, 0) is 45.9 Å². The molecular weight excluding hydrogens is 344 g/mol. The summed E-state index contributed by atoms with van der Waals surface area (Å²) in [5, 5.41) is 17.1. The molecule has 0 saturated carbocycles. The lowest BCUT2D eigenvalue weighted by Gasteiger charge is -2.09. The summed E-state index contributed by atoms with van der Waals surface area (Å²) in [6.07, 6.45) is 4.35. The second kappa shape index (κ2) is 6.86. The van der Waals surface area contributed by atoms with Crippen LogP contribution in [0.2, 0.25) is 0 Å². The first-order chi connectivity index (χ1) is 13.0. The highest BCUT2D eigenvalue weighted by Crippen LogP contribution is 2.34. The van der Waals surface area contributed by atoms with E-state index in [1.807, 2.05) is 39.0 Å². The minimum absolute atomic E-state index is 0.178. The van der Waals surface area contributed by atoms with Gasteiger partial charge in [-0.3, -0.25) is 0 Å². The van der Waals surface area contributed by atoms with Gasteiger partial charge in [-0.25, -0.2) is 4.68 Å². The molecule has 4 rings (SSSR count). The van der Waals surface area contributed by atoms with E-state index in [2.05, 4.69) is 27.3 Å². The van der Waals surface area contributed by atoms with Crippen LogP contribution in [0.4, 0.5) is 0 Å². The van der Waals surface area contributed by atoms with E-state index in [-0.39, 0.29) is 6.10 Å². The fourth-order valence-corrected chi connectivity index (χ4v) is 3.24. The third-order valence-electron chi connectivity index (χ3n) is 4.36. The number of aromatic nitrogens is 5. The van der Waals surface area contributed by atoms with Gasteiger partial charge in [-0.1, -0.05) is 0 Å². The molecule has 1 aliphatic heterocycles. The molecule has 0 saturated heterocycles. The average molecular weight is 366 g/mol. The van der Waals surface area contributed by atoms with Crippen molar-refractivity contribution in [3.63, 3.8) is 0 Å². The van der Waals surface area contributed by atoms with E-state index < -0.39 is 0 Å². The van der Waals surface area contributed by atoms with E-state index in [1.54, 1.807) is 21.9 Å². The van der Waals surface area contributed by atoms with Crippen molar-refractivity contribution in [2.45, 2.75) is 40.2 Å². The molecule has 0 fully saturated rings. The lowest BCUT2D eigenvalue weighted by molar-refractivity contribution is 0.254. The fourth-order valence-electron chi connectivity index (χ4n) is 3.24. The Morgan fingerprint density at radius 3 is 2.93 bits per heavy atom. The lowest BCUT2D eigenvalue weighted by atomic mass is 10.1. The molecule has 0 spiro atoms. The van der Waals surface area contributed by atoms with Crippen molar-refractivity contribution in [1.29, 1.82) is 0 Å². The molecule has 1 atom stereocenters. The number of hydrogen-bond donors (Lipinski definition) is 0. The number of fused-ring (bicyclic) bond motifs is 1. The van der Waals surface area contributed by atoms with E-state index in [4.69, 9.17) is 9.47 Å². The van der Waals surface area contributed by atoms with E-state index in [9.17, 15) is 0 Å². The summed E-state index contributed by atoms with van der Waals surface area (Å²) in [5.41, 5.74) is 3.88. The average Bonchev–Trinajstić information content (AvgIpc) is 3.30. The summed E-state index contributed by atoms with van der Waals surface area (Å²) >= 11 is 0. The maximum absolute atomic E-state index is 5.87. The SMILES string of the molecule is CCOc1cc2c(cc1/C=N\n1cnnc1-n1nc(C)cc1C)O[C@H](C)C2. The van der Waals surface area contributed by atoms with Crippen LogP contribution in [-0.2, 0) is 6.42 Å². The number of rotatable bonds is 5. The first-order valence-electron chi connectivity index (χ1n) is 8.99. The van der Waals surface area contributed by atoms with Gasteiger partial charge in [0.25, 0.3) is 5.95 Å². The highest BCUT2D eigenvalue weighted by molar-refractivity contribution is 5.84. The Bertz CT molecular complexity index is 1000. The maximum atomic E-state index is 5.87. The number of hydrogen-bond acceptors (Lipinski definition) is 6. The molecule has 2 aromatic heterocycles. The predicted octanol–water partition coefficient (Wildman–Crippen LogP) is 2.68. The Morgan fingerprint density at radius 2 is 2.19 bits per heavy atom. The molecule has 0 bridgehead atoms. The van der Waals surface area contributed by atoms with Crippen LogP contribution in [0.3, 0.4) is 0 Å². The molecule has 27 heavy (non-hydrogen) atoms. The van der Waals surface area contributed by atoms with Crippen LogP contribution in [-0.4, -0.2) is 43.6 Å². The summed E-state index contributed by atoms with van der Waals surface area (Å²) in [6, 6.07) is 5.99. The van der Waals surface area contributed by atoms with Gasteiger partial charge in [0.1, 0.15) is 23.9 Å². The molecule has 0 N–H and O–H groups in total. The fraction of sp³-hybridized carbons (Fsp3) is 0.368. The molecular formula is C19H22N6O2. The molecule has 0 unspecified atom stereocenters. The Morgan fingerprint density at radius 1 is 1.33 bits per heavy atom. The molecule has 3 heterocycles. The second-order valence-corrected chi connectivity index (χ2v) is 6.62. The third kappa shape index (κ3) is 3.30. The Balaban J connectivity index is 1.69. The summed E-state index contributed by atoms with van der Waals surface area (Å²) in [4.78, 5) is 0. The third-order valence-corrected chi connectivity index (χ3v) is 4.36. The van der Waals surface area contributed by atoms with Crippen LogP contribution in [0.5, 0.6) is 11.5 Å².